The molecule has 3 saturated carbocycles. The summed E-state index contributed by atoms with van der Waals surface area (Å²) in [7, 11) is 0. The Labute approximate surface area is 199 Å². The van der Waals surface area contributed by atoms with Crippen molar-refractivity contribution in [2.75, 3.05) is 26.2 Å². The number of urea groups is 1. The summed E-state index contributed by atoms with van der Waals surface area (Å²) in [6, 6.07) is 3.28. The number of nitrogens with zero attached hydrogens (tertiary/aromatic N) is 5. The quantitative estimate of drug-likeness (QED) is 0.689. The van der Waals surface area contributed by atoms with Crippen LogP contribution in [0.5, 0.6) is 0 Å². The second-order valence-electron chi connectivity index (χ2n) is 11.5. The number of halogens is 3. The highest BCUT2D eigenvalue weighted by Gasteiger charge is 2.65. The molecule has 0 unspecified atom stereocenters. The second kappa shape index (κ2) is 6.74. The largest absolute Gasteiger partial charge is 0.399 e. The smallest absolute Gasteiger partial charge is 0.382 e. The normalized spacial score (nSPS) is 26.2. The maximum absolute atomic E-state index is 13.3. The van der Waals surface area contributed by atoms with E-state index in [-0.39, 0.29) is 35.9 Å². The van der Waals surface area contributed by atoms with Gasteiger partial charge in [-0.05, 0) is 50.2 Å². The van der Waals surface area contributed by atoms with Crippen molar-refractivity contribution in [1.29, 1.82) is 0 Å². The third kappa shape index (κ3) is 3.23. The molecule has 2 saturated heterocycles. The molecule has 0 radical (unpaired) electrons. The number of aliphatic hydroxyl groups is 1. The van der Waals surface area contributed by atoms with Gasteiger partial charge in [-0.15, -0.1) is 10.2 Å². The molecular formula is C24H27F3N6O2. The monoisotopic (exact) mass is 488 g/mol. The van der Waals surface area contributed by atoms with Crippen LogP contribution in [0.4, 0.5) is 18.0 Å². The van der Waals surface area contributed by atoms with E-state index in [9.17, 15) is 23.1 Å². The van der Waals surface area contributed by atoms with E-state index >= 15 is 0 Å². The molecule has 0 aromatic carbocycles. The van der Waals surface area contributed by atoms with E-state index in [1.54, 1.807) is 17.2 Å². The number of nitrogens with one attached hydrogen (secondary N) is 1. The van der Waals surface area contributed by atoms with E-state index < -0.39 is 17.2 Å². The molecule has 0 atom stereocenters. The fourth-order valence-electron chi connectivity index (χ4n) is 6.14. The molecule has 0 bridgehead atoms. The van der Waals surface area contributed by atoms with E-state index in [2.05, 4.69) is 20.2 Å². The molecule has 2 N–H and O–H groups in total. The van der Waals surface area contributed by atoms with Gasteiger partial charge in [0.25, 0.3) is 0 Å². The standard InChI is InChI=1S/C24H27F3N6O2/c25-24(26,27)22(3-4-22)17-2-1-14(9-28-17)16-10-32(11-16)20(34)33-12-21(13-33)7-15(8-21)18-29-19(31-30-18)23(35)5-6-23/h1-2,9,15-16,35H,3-8,10-13H2,(H,29,30,31). The molecule has 2 amide bonds. The lowest BCUT2D eigenvalue weighted by molar-refractivity contribution is -0.161. The molecule has 2 aromatic heterocycles. The topological polar surface area (TPSA) is 98.2 Å². The van der Waals surface area contributed by atoms with E-state index in [0.717, 1.165) is 50.2 Å². The summed E-state index contributed by atoms with van der Waals surface area (Å²) in [5.74, 6) is 1.82. The number of hydrogen-bond acceptors (Lipinski definition) is 5. The highest BCUT2D eigenvalue weighted by Crippen LogP contribution is 2.58. The highest BCUT2D eigenvalue weighted by atomic mass is 19.4. The van der Waals surface area contributed by atoms with Gasteiger partial charge in [0.2, 0.25) is 0 Å². The van der Waals surface area contributed by atoms with Crippen molar-refractivity contribution in [2.45, 2.75) is 67.6 Å². The maximum Gasteiger partial charge on any atom is 0.399 e. The maximum atomic E-state index is 13.3. The predicted molar refractivity (Wildman–Crippen MR) is 116 cm³/mol. The third-order valence-corrected chi connectivity index (χ3v) is 8.93. The summed E-state index contributed by atoms with van der Waals surface area (Å²) in [4.78, 5) is 23.9. The van der Waals surface area contributed by atoms with Gasteiger partial charge < -0.3 is 19.9 Å². The van der Waals surface area contributed by atoms with Crippen molar-refractivity contribution in [3.05, 3.63) is 41.2 Å². The Morgan fingerprint density at radius 1 is 1.03 bits per heavy atom. The van der Waals surface area contributed by atoms with Crippen molar-refractivity contribution in [3.8, 4) is 0 Å². The molecule has 2 aliphatic heterocycles. The van der Waals surface area contributed by atoms with Crippen molar-refractivity contribution < 1.29 is 23.1 Å². The van der Waals surface area contributed by atoms with Gasteiger partial charge in [-0.2, -0.15) is 13.2 Å². The van der Waals surface area contributed by atoms with Crippen LogP contribution in [0.3, 0.4) is 0 Å². The molecule has 7 rings (SSSR count). The number of carbonyl (C=O) groups is 1. The molecule has 2 aromatic rings. The van der Waals surface area contributed by atoms with Crippen LogP contribution >= 0.6 is 0 Å². The van der Waals surface area contributed by atoms with Gasteiger partial charge in [0.05, 0.1) is 5.69 Å². The van der Waals surface area contributed by atoms with E-state index in [1.807, 2.05) is 4.90 Å². The molecular weight excluding hydrogens is 461 g/mol. The zero-order valence-corrected chi connectivity index (χ0v) is 19.2. The lowest BCUT2D eigenvalue weighted by Crippen LogP contribution is -2.67. The number of pyridine rings is 1. The van der Waals surface area contributed by atoms with E-state index in [1.165, 1.54) is 6.07 Å². The Morgan fingerprint density at radius 2 is 1.74 bits per heavy atom. The van der Waals surface area contributed by atoms with Gasteiger partial charge >= 0.3 is 12.2 Å². The van der Waals surface area contributed by atoms with Crippen LogP contribution in [-0.2, 0) is 11.0 Å². The lowest BCUT2D eigenvalue weighted by Gasteiger charge is -2.59. The van der Waals surface area contributed by atoms with Crippen molar-refractivity contribution in [1.82, 2.24) is 30.0 Å². The number of amides is 2. The molecule has 1 spiro atoms. The van der Waals surface area contributed by atoms with Gasteiger partial charge in [0.1, 0.15) is 16.8 Å². The Bertz CT molecular complexity index is 1170. The fourth-order valence-corrected chi connectivity index (χ4v) is 6.14. The average molecular weight is 489 g/mol. The molecule has 4 heterocycles. The summed E-state index contributed by atoms with van der Waals surface area (Å²) >= 11 is 0. The Kier molecular flexibility index (Phi) is 4.16. The van der Waals surface area contributed by atoms with Gasteiger partial charge in [-0.1, -0.05) is 6.07 Å². The average Bonchev–Trinajstić information content (AvgIpc) is 3.63. The molecule has 11 heteroatoms. The van der Waals surface area contributed by atoms with Crippen molar-refractivity contribution in [2.24, 2.45) is 5.41 Å². The first kappa shape index (κ1) is 21.6. The number of aromatic amines is 1. The summed E-state index contributed by atoms with van der Waals surface area (Å²) in [6.07, 6.45) is 0.888. The minimum Gasteiger partial charge on any atom is -0.382 e. The van der Waals surface area contributed by atoms with Crippen LogP contribution in [0.25, 0.3) is 0 Å². The molecule has 5 aliphatic rings. The molecule has 3 aliphatic carbocycles. The molecule has 186 valence electrons. The van der Waals surface area contributed by atoms with Crippen LogP contribution in [0.15, 0.2) is 18.3 Å². The minimum absolute atomic E-state index is 0.0341. The number of likely N-dealkylation sites (tertiary alicyclic amines) is 2. The van der Waals surface area contributed by atoms with Gasteiger partial charge in [-0.3, -0.25) is 4.98 Å². The van der Waals surface area contributed by atoms with Gasteiger partial charge in [0, 0.05) is 49.6 Å². The molecule has 5 fully saturated rings. The van der Waals surface area contributed by atoms with E-state index in [4.69, 9.17) is 0 Å². The predicted octanol–water partition coefficient (Wildman–Crippen LogP) is 3.17. The first-order valence-electron chi connectivity index (χ1n) is 12.3. The number of rotatable bonds is 4. The zero-order valence-electron chi connectivity index (χ0n) is 19.2. The summed E-state index contributed by atoms with van der Waals surface area (Å²) in [5, 5.41) is 18.5. The molecule has 35 heavy (non-hydrogen) atoms. The number of alkyl halides is 3. The molecule has 8 nitrogen and oxygen atoms in total. The summed E-state index contributed by atoms with van der Waals surface area (Å²) < 4.78 is 39.9. The summed E-state index contributed by atoms with van der Waals surface area (Å²) in [5.41, 5.74) is -1.40. The van der Waals surface area contributed by atoms with Crippen molar-refractivity contribution in [3.63, 3.8) is 0 Å². The Hall–Kier alpha value is -2.69. The van der Waals surface area contributed by atoms with Crippen molar-refractivity contribution >= 4 is 6.03 Å². The van der Waals surface area contributed by atoms with Crippen LogP contribution in [0, 0.1) is 5.41 Å². The summed E-state index contributed by atoms with van der Waals surface area (Å²) in [6.45, 7) is 2.62. The third-order valence-electron chi connectivity index (χ3n) is 8.93. The second-order valence-corrected chi connectivity index (χ2v) is 11.5. The minimum atomic E-state index is -4.26. The van der Waals surface area contributed by atoms with Gasteiger partial charge in [-0.25, -0.2) is 4.79 Å². The first-order chi connectivity index (χ1) is 16.6. The Morgan fingerprint density at radius 3 is 2.31 bits per heavy atom. The van der Waals surface area contributed by atoms with Crippen LogP contribution in [-0.4, -0.2) is 73.5 Å². The van der Waals surface area contributed by atoms with Crippen LogP contribution in [0.1, 0.15) is 73.3 Å². The van der Waals surface area contributed by atoms with Crippen LogP contribution < -0.4 is 0 Å². The lowest BCUT2D eigenvalue weighted by atomic mass is 9.57. The number of hydrogen-bond donors (Lipinski definition) is 2. The van der Waals surface area contributed by atoms with E-state index in [0.29, 0.717) is 24.8 Å². The first-order valence-corrected chi connectivity index (χ1v) is 12.3. The number of aromatic nitrogens is 4. The van der Waals surface area contributed by atoms with Crippen LogP contribution in [0.2, 0.25) is 0 Å². The Balaban J connectivity index is 0.892. The SMILES string of the molecule is O=C(N1CC(c2ccc(C3(C(F)(F)F)CC3)nc2)C1)N1CC2(CC(c3nnc(C4(O)CC4)[nH]3)C2)C1. The zero-order chi connectivity index (χ0) is 24.2. The number of carbonyl (C=O) groups excluding carboxylic acids is 1. The van der Waals surface area contributed by atoms with Gasteiger partial charge in [0.15, 0.2) is 5.82 Å². The fraction of sp³-hybridized carbons (Fsp3) is 0.667. The number of H-pyrrole nitrogens is 1. The highest BCUT2D eigenvalue weighted by molar-refractivity contribution is 5.77.